The lowest BCUT2D eigenvalue weighted by molar-refractivity contribution is 0.0975. The van der Waals surface area contributed by atoms with Crippen molar-refractivity contribution in [2.24, 2.45) is 0 Å². The minimum Gasteiger partial charge on any atom is -0.494 e. The maximum absolute atomic E-state index is 13.3. The highest BCUT2D eigenvalue weighted by Gasteiger charge is 2.25. The summed E-state index contributed by atoms with van der Waals surface area (Å²) in [5.41, 5.74) is 2.48. The van der Waals surface area contributed by atoms with Gasteiger partial charge < -0.3 is 9.64 Å². The zero-order chi connectivity index (χ0) is 19.6. The molecule has 0 saturated heterocycles. The molecule has 28 heavy (non-hydrogen) atoms. The number of hydrogen-bond acceptors (Lipinski definition) is 6. The van der Waals surface area contributed by atoms with E-state index < -0.39 is 0 Å². The first kappa shape index (κ1) is 22.1. The fourth-order valence-electron chi connectivity index (χ4n) is 2.87. The van der Waals surface area contributed by atoms with Crippen LogP contribution in [0.3, 0.4) is 0 Å². The predicted octanol–water partition coefficient (Wildman–Crippen LogP) is 3.46. The molecule has 0 aliphatic heterocycles. The van der Waals surface area contributed by atoms with Crippen LogP contribution in [0, 0.1) is 6.92 Å². The maximum atomic E-state index is 13.3. The molecule has 2 heterocycles. The van der Waals surface area contributed by atoms with Gasteiger partial charge in [0.25, 0.3) is 5.91 Å². The van der Waals surface area contributed by atoms with E-state index in [1.807, 2.05) is 40.1 Å². The lowest BCUT2D eigenvalue weighted by atomic mass is 10.2. The van der Waals surface area contributed by atoms with E-state index >= 15 is 0 Å². The van der Waals surface area contributed by atoms with Gasteiger partial charge in [-0.3, -0.25) is 14.4 Å². The van der Waals surface area contributed by atoms with Crippen molar-refractivity contribution in [3.8, 4) is 5.75 Å². The van der Waals surface area contributed by atoms with Crippen molar-refractivity contribution in [3.05, 3.63) is 35.7 Å². The molecule has 2 aromatic heterocycles. The standard InChI is InChI=1S/C19H25N5O2S.ClH/c1-6-24-14(9-10-20-24)18(25)23(12-11-22(3)4)19-21-16-15(26-5)8-7-13(2)17(16)27-19;/h7-10H,6,11-12H2,1-5H3;1H. The average molecular weight is 424 g/mol. The Labute approximate surface area is 175 Å². The van der Waals surface area contributed by atoms with Crippen LogP contribution < -0.4 is 9.64 Å². The summed E-state index contributed by atoms with van der Waals surface area (Å²) in [5.74, 6) is 0.628. The van der Waals surface area contributed by atoms with Crippen LogP contribution in [0.4, 0.5) is 5.13 Å². The van der Waals surface area contributed by atoms with Gasteiger partial charge in [0.2, 0.25) is 0 Å². The predicted molar refractivity (Wildman–Crippen MR) is 116 cm³/mol. The Bertz CT molecular complexity index is 953. The fraction of sp³-hybridized carbons (Fsp3) is 0.421. The fourth-order valence-corrected chi connectivity index (χ4v) is 3.94. The smallest absolute Gasteiger partial charge is 0.278 e. The maximum Gasteiger partial charge on any atom is 0.278 e. The van der Waals surface area contributed by atoms with Crippen LogP contribution >= 0.6 is 23.7 Å². The van der Waals surface area contributed by atoms with Gasteiger partial charge >= 0.3 is 0 Å². The zero-order valence-electron chi connectivity index (χ0n) is 16.8. The lowest BCUT2D eigenvalue weighted by Crippen LogP contribution is -2.37. The molecule has 0 saturated carbocycles. The minimum atomic E-state index is -0.0909. The lowest BCUT2D eigenvalue weighted by Gasteiger charge is -2.22. The Morgan fingerprint density at radius 1 is 1.25 bits per heavy atom. The van der Waals surface area contributed by atoms with Gasteiger partial charge in [-0.25, -0.2) is 4.98 Å². The third kappa shape index (κ3) is 4.29. The van der Waals surface area contributed by atoms with Crippen molar-refractivity contribution >= 4 is 45.0 Å². The molecule has 7 nitrogen and oxygen atoms in total. The number of aromatic nitrogens is 3. The molecule has 0 unspecified atom stereocenters. The number of hydrogen-bond donors (Lipinski definition) is 0. The Balaban J connectivity index is 0.00000280. The van der Waals surface area contributed by atoms with Crippen LogP contribution in [0.1, 0.15) is 23.0 Å². The number of methoxy groups -OCH3 is 1. The Morgan fingerprint density at radius 2 is 2.00 bits per heavy atom. The van der Waals surface area contributed by atoms with Gasteiger partial charge in [-0.05, 0) is 45.6 Å². The minimum absolute atomic E-state index is 0. The Kier molecular flexibility index (Phi) is 7.40. The highest BCUT2D eigenvalue weighted by Crippen LogP contribution is 2.36. The molecule has 0 N–H and O–H groups in total. The van der Waals surface area contributed by atoms with Crippen LogP contribution in [0.25, 0.3) is 10.2 Å². The van der Waals surface area contributed by atoms with Gasteiger partial charge in [0, 0.05) is 25.8 Å². The van der Waals surface area contributed by atoms with E-state index in [2.05, 4.69) is 10.00 Å². The first-order valence-electron chi connectivity index (χ1n) is 8.88. The number of halogens is 1. The molecule has 3 aromatic rings. The van der Waals surface area contributed by atoms with Crippen molar-refractivity contribution in [1.29, 1.82) is 0 Å². The molecule has 0 bridgehead atoms. The SMILES string of the molecule is CCn1nccc1C(=O)N(CCN(C)C)c1nc2c(OC)ccc(C)c2s1.Cl. The summed E-state index contributed by atoms with van der Waals surface area (Å²) in [6, 6.07) is 5.69. The first-order valence-corrected chi connectivity index (χ1v) is 9.70. The van der Waals surface area contributed by atoms with Crippen LogP contribution in [0.5, 0.6) is 5.75 Å². The van der Waals surface area contributed by atoms with E-state index in [4.69, 9.17) is 9.72 Å². The molecule has 0 radical (unpaired) electrons. The zero-order valence-corrected chi connectivity index (χ0v) is 18.4. The molecular formula is C19H26ClN5O2S. The normalized spacial score (nSPS) is 10.9. The first-order chi connectivity index (χ1) is 13.0. The third-order valence-electron chi connectivity index (χ3n) is 4.39. The monoisotopic (exact) mass is 423 g/mol. The third-order valence-corrected chi connectivity index (χ3v) is 5.61. The number of fused-ring (bicyclic) bond motifs is 1. The van der Waals surface area contributed by atoms with Gasteiger partial charge in [0.15, 0.2) is 5.13 Å². The largest absolute Gasteiger partial charge is 0.494 e. The second-order valence-corrected chi connectivity index (χ2v) is 7.53. The van der Waals surface area contributed by atoms with Gasteiger partial charge in [-0.1, -0.05) is 17.4 Å². The van der Waals surface area contributed by atoms with E-state index in [1.54, 1.807) is 29.0 Å². The number of benzene rings is 1. The molecule has 152 valence electrons. The molecule has 0 atom stereocenters. The van der Waals surface area contributed by atoms with E-state index in [-0.39, 0.29) is 18.3 Å². The summed E-state index contributed by atoms with van der Waals surface area (Å²) in [5, 5.41) is 4.91. The van der Waals surface area contributed by atoms with Gasteiger partial charge in [-0.2, -0.15) is 5.10 Å². The quantitative estimate of drug-likeness (QED) is 0.582. The number of carbonyl (C=O) groups excluding carboxylic acids is 1. The van der Waals surface area contributed by atoms with Gasteiger partial charge in [0.05, 0.1) is 11.8 Å². The summed E-state index contributed by atoms with van der Waals surface area (Å²) in [6.45, 7) is 5.93. The number of ether oxygens (including phenoxy) is 1. The van der Waals surface area contributed by atoms with E-state index in [9.17, 15) is 4.79 Å². The summed E-state index contributed by atoms with van der Waals surface area (Å²) >= 11 is 1.52. The summed E-state index contributed by atoms with van der Waals surface area (Å²) < 4.78 is 8.21. The second kappa shape index (κ2) is 9.36. The van der Waals surface area contributed by atoms with E-state index in [0.29, 0.717) is 23.9 Å². The van der Waals surface area contributed by atoms with Crippen LogP contribution in [0.2, 0.25) is 0 Å². The van der Waals surface area contributed by atoms with E-state index in [0.717, 1.165) is 28.1 Å². The van der Waals surface area contributed by atoms with Gasteiger partial charge in [-0.15, -0.1) is 12.4 Å². The van der Waals surface area contributed by atoms with Crippen molar-refractivity contribution in [2.45, 2.75) is 20.4 Å². The number of likely N-dealkylation sites (N-methyl/N-ethyl adjacent to an activating group) is 1. The number of aryl methyl sites for hydroxylation is 2. The molecule has 0 fully saturated rings. The van der Waals surface area contributed by atoms with Crippen LogP contribution in [0.15, 0.2) is 24.4 Å². The Hall–Kier alpha value is -2.16. The van der Waals surface area contributed by atoms with Crippen LogP contribution in [-0.2, 0) is 6.54 Å². The highest BCUT2D eigenvalue weighted by atomic mass is 35.5. The topological polar surface area (TPSA) is 63.5 Å². The summed E-state index contributed by atoms with van der Waals surface area (Å²) in [4.78, 5) is 21.9. The number of amides is 1. The highest BCUT2D eigenvalue weighted by molar-refractivity contribution is 7.22. The molecular weight excluding hydrogens is 398 g/mol. The van der Waals surface area contributed by atoms with Gasteiger partial charge in [0.1, 0.15) is 17.0 Å². The van der Waals surface area contributed by atoms with Crippen molar-refractivity contribution < 1.29 is 9.53 Å². The molecule has 1 amide bonds. The van der Waals surface area contributed by atoms with Crippen molar-refractivity contribution in [2.75, 3.05) is 39.2 Å². The molecule has 0 spiro atoms. The summed E-state index contributed by atoms with van der Waals surface area (Å²) in [6.07, 6.45) is 1.66. The number of thiazole rings is 1. The number of anilines is 1. The molecule has 1 aromatic carbocycles. The molecule has 0 aliphatic rings. The number of nitrogens with zero attached hydrogens (tertiary/aromatic N) is 5. The Morgan fingerprint density at radius 3 is 2.64 bits per heavy atom. The number of rotatable bonds is 7. The second-order valence-electron chi connectivity index (χ2n) is 6.55. The van der Waals surface area contributed by atoms with Crippen molar-refractivity contribution in [1.82, 2.24) is 19.7 Å². The molecule has 3 rings (SSSR count). The van der Waals surface area contributed by atoms with Crippen molar-refractivity contribution in [3.63, 3.8) is 0 Å². The summed E-state index contributed by atoms with van der Waals surface area (Å²) in [7, 11) is 5.62. The van der Waals surface area contributed by atoms with Crippen LogP contribution in [-0.4, -0.2) is 59.9 Å². The average Bonchev–Trinajstić information content (AvgIpc) is 3.29. The number of carbonyl (C=O) groups is 1. The molecule has 0 aliphatic carbocycles. The van der Waals surface area contributed by atoms with E-state index in [1.165, 1.54) is 11.3 Å². The molecule has 9 heteroatoms.